The van der Waals surface area contributed by atoms with Crippen molar-refractivity contribution in [3.8, 4) is 0 Å². The first-order valence-corrected chi connectivity index (χ1v) is 3.78. The Labute approximate surface area is 70.5 Å². The van der Waals surface area contributed by atoms with Gasteiger partial charge in [-0.1, -0.05) is 12.1 Å². The topological polar surface area (TPSA) is 76.4 Å². The molecular formula is C7H12N4O. The van der Waals surface area contributed by atoms with E-state index in [2.05, 4.69) is 17.2 Å². The molecule has 0 amide bonds. The summed E-state index contributed by atoms with van der Waals surface area (Å²) in [7, 11) is 0. The fraction of sp³-hybridized carbons (Fsp3) is 0.429. The molecule has 0 atom stereocenters. The third-order valence-corrected chi connectivity index (χ3v) is 1.49. The molecule has 0 saturated heterocycles. The molecule has 0 unspecified atom stereocenters. The lowest BCUT2D eigenvalue weighted by atomic mass is 10.3. The summed E-state index contributed by atoms with van der Waals surface area (Å²) >= 11 is 0. The Morgan fingerprint density at radius 2 is 2.58 bits per heavy atom. The van der Waals surface area contributed by atoms with Crippen LogP contribution in [-0.4, -0.2) is 20.8 Å². The molecule has 66 valence electrons. The first-order valence-electron chi connectivity index (χ1n) is 3.78. The second-order valence-corrected chi connectivity index (χ2v) is 2.48. The van der Waals surface area contributed by atoms with E-state index in [-0.39, 0.29) is 5.84 Å². The molecule has 0 aliphatic rings. The molecule has 12 heavy (non-hydrogen) atoms. The van der Waals surface area contributed by atoms with E-state index in [9.17, 15) is 0 Å². The smallest absolute Gasteiger partial charge is 0.173 e. The number of aromatic nitrogens is 2. The van der Waals surface area contributed by atoms with Crippen LogP contribution in [0.3, 0.4) is 0 Å². The van der Waals surface area contributed by atoms with Crippen molar-refractivity contribution >= 4 is 5.84 Å². The van der Waals surface area contributed by atoms with Crippen LogP contribution in [0, 0.1) is 0 Å². The number of rotatable bonds is 3. The maximum absolute atomic E-state index is 8.35. The van der Waals surface area contributed by atoms with Crippen LogP contribution in [0.25, 0.3) is 0 Å². The van der Waals surface area contributed by atoms with Gasteiger partial charge in [0.25, 0.3) is 0 Å². The Hall–Kier alpha value is -1.52. The van der Waals surface area contributed by atoms with Crippen molar-refractivity contribution in [2.24, 2.45) is 10.9 Å². The highest BCUT2D eigenvalue weighted by Crippen LogP contribution is 1.97. The summed E-state index contributed by atoms with van der Waals surface area (Å²) in [5.41, 5.74) is 5.99. The van der Waals surface area contributed by atoms with E-state index in [1.54, 1.807) is 17.1 Å². The summed E-state index contributed by atoms with van der Waals surface area (Å²) in [6.07, 6.45) is 4.33. The summed E-state index contributed by atoms with van der Waals surface area (Å²) in [6.45, 7) is 2.91. The monoisotopic (exact) mass is 168 g/mol. The molecule has 1 rings (SSSR count). The van der Waals surface area contributed by atoms with E-state index in [0.29, 0.717) is 5.56 Å². The van der Waals surface area contributed by atoms with Crippen LogP contribution in [0.5, 0.6) is 0 Å². The lowest BCUT2D eigenvalue weighted by Crippen LogP contribution is -2.11. The van der Waals surface area contributed by atoms with Gasteiger partial charge in [-0.05, 0) is 6.42 Å². The third-order valence-electron chi connectivity index (χ3n) is 1.49. The predicted octanol–water partition coefficient (Wildman–Crippen LogP) is 0.388. The SMILES string of the molecule is CCCn1cc(/C(N)=N\O)cn1. The lowest BCUT2D eigenvalue weighted by molar-refractivity contribution is 0.318. The van der Waals surface area contributed by atoms with Gasteiger partial charge in [-0.3, -0.25) is 4.68 Å². The van der Waals surface area contributed by atoms with Gasteiger partial charge in [0.1, 0.15) is 0 Å². The molecule has 0 bridgehead atoms. The zero-order valence-electron chi connectivity index (χ0n) is 6.94. The molecule has 5 heteroatoms. The van der Waals surface area contributed by atoms with Gasteiger partial charge >= 0.3 is 0 Å². The number of amidine groups is 1. The van der Waals surface area contributed by atoms with E-state index < -0.39 is 0 Å². The molecule has 0 spiro atoms. The van der Waals surface area contributed by atoms with Crippen molar-refractivity contribution in [2.45, 2.75) is 19.9 Å². The van der Waals surface area contributed by atoms with Crippen LogP contribution in [-0.2, 0) is 6.54 Å². The molecule has 0 radical (unpaired) electrons. The van der Waals surface area contributed by atoms with Crippen molar-refractivity contribution in [3.05, 3.63) is 18.0 Å². The third kappa shape index (κ3) is 1.75. The fourth-order valence-electron chi connectivity index (χ4n) is 0.905. The maximum Gasteiger partial charge on any atom is 0.173 e. The summed E-state index contributed by atoms with van der Waals surface area (Å²) in [6, 6.07) is 0. The van der Waals surface area contributed by atoms with E-state index in [4.69, 9.17) is 10.9 Å². The molecule has 1 aromatic rings. The molecule has 1 aromatic heterocycles. The fourth-order valence-corrected chi connectivity index (χ4v) is 0.905. The molecule has 0 aromatic carbocycles. The number of aryl methyl sites for hydroxylation is 1. The second-order valence-electron chi connectivity index (χ2n) is 2.48. The average Bonchev–Trinajstić information content (AvgIpc) is 2.52. The first kappa shape index (κ1) is 8.58. The van der Waals surface area contributed by atoms with Crippen LogP contribution in [0.15, 0.2) is 17.5 Å². The Morgan fingerprint density at radius 3 is 3.17 bits per heavy atom. The van der Waals surface area contributed by atoms with Crippen molar-refractivity contribution in [2.75, 3.05) is 0 Å². The van der Waals surface area contributed by atoms with Gasteiger partial charge in [0.15, 0.2) is 5.84 Å². The number of hydrogen-bond donors (Lipinski definition) is 2. The van der Waals surface area contributed by atoms with E-state index in [1.165, 1.54) is 0 Å². The molecular weight excluding hydrogens is 156 g/mol. The molecule has 3 N–H and O–H groups in total. The Kier molecular flexibility index (Phi) is 2.68. The maximum atomic E-state index is 8.35. The van der Waals surface area contributed by atoms with Gasteiger partial charge in [0.2, 0.25) is 0 Å². The van der Waals surface area contributed by atoms with E-state index in [0.717, 1.165) is 13.0 Å². The molecule has 0 saturated carbocycles. The molecule has 0 aliphatic carbocycles. The zero-order valence-corrected chi connectivity index (χ0v) is 6.94. The van der Waals surface area contributed by atoms with Gasteiger partial charge in [-0.2, -0.15) is 5.10 Å². The number of nitrogens with zero attached hydrogens (tertiary/aromatic N) is 3. The highest BCUT2D eigenvalue weighted by atomic mass is 16.4. The number of nitrogens with two attached hydrogens (primary N) is 1. The van der Waals surface area contributed by atoms with Crippen molar-refractivity contribution in [1.29, 1.82) is 0 Å². The zero-order chi connectivity index (χ0) is 8.97. The number of oxime groups is 1. The van der Waals surface area contributed by atoms with Crippen molar-refractivity contribution in [1.82, 2.24) is 9.78 Å². The van der Waals surface area contributed by atoms with Crippen LogP contribution in [0.4, 0.5) is 0 Å². The molecule has 0 aliphatic heterocycles. The van der Waals surface area contributed by atoms with E-state index in [1.807, 2.05) is 0 Å². The van der Waals surface area contributed by atoms with Gasteiger partial charge in [0.05, 0.1) is 11.8 Å². The average molecular weight is 168 g/mol. The van der Waals surface area contributed by atoms with Crippen molar-refractivity contribution in [3.63, 3.8) is 0 Å². The summed E-state index contributed by atoms with van der Waals surface area (Å²) < 4.78 is 1.76. The highest BCUT2D eigenvalue weighted by molar-refractivity contribution is 5.96. The van der Waals surface area contributed by atoms with Crippen LogP contribution in [0.1, 0.15) is 18.9 Å². The predicted molar refractivity (Wildman–Crippen MR) is 45.0 cm³/mol. The Balaban J connectivity index is 2.77. The molecule has 1 heterocycles. The molecule has 5 nitrogen and oxygen atoms in total. The van der Waals surface area contributed by atoms with Gasteiger partial charge in [-0.15, -0.1) is 0 Å². The molecule has 0 fully saturated rings. The Bertz CT molecular complexity index is 279. The van der Waals surface area contributed by atoms with E-state index >= 15 is 0 Å². The quantitative estimate of drug-likeness (QED) is 0.296. The van der Waals surface area contributed by atoms with Crippen LogP contribution >= 0.6 is 0 Å². The minimum atomic E-state index is 0.0948. The second kappa shape index (κ2) is 3.75. The summed E-state index contributed by atoms with van der Waals surface area (Å²) in [4.78, 5) is 0. The Morgan fingerprint density at radius 1 is 1.83 bits per heavy atom. The van der Waals surface area contributed by atoms with Gasteiger partial charge in [0, 0.05) is 12.7 Å². The van der Waals surface area contributed by atoms with Crippen molar-refractivity contribution < 1.29 is 5.21 Å². The number of hydrogen-bond acceptors (Lipinski definition) is 3. The minimum absolute atomic E-state index is 0.0948. The minimum Gasteiger partial charge on any atom is -0.409 e. The standard InChI is InChI=1S/C7H12N4O/c1-2-3-11-5-6(4-9-11)7(8)10-12/h4-5,12H,2-3H2,1H3,(H2,8,10). The summed E-state index contributed by atoms with van der Waals surface area (Å²) in [5.74, 6) is 0.0948. The lowest BCUT2D eigenvalue weighted by Gasteiger charge is -1.94. The van der Waals surface area contributed by atoms with Gasteiger partial charge < -0.3 is 10.9 Å². The largest absolute Gasteiger partial charge is 0.409 e. The van der Waals surface area contributed by atoms with Gasteiger partial charge in [-0.25, -0.2) is 0 Å². The van der Waals surface area contributed by atoms with Crippen LogP contribution < -0.4 is 5.73 Å². The highest BCUT2D eigenvalue weighted by Gasteiger charge is 2.01. The van der Waals surface area contributed by atoms with Crippen LogP contribution in [0.2, 0.25) is 0 Å². The normalized spacial score (nSPS) is 11.9. The first-order chi connectivity index (χ1) is 5.77. The summed E-state index contributed by atoms with van der Waals surface area (Å²) in [5, 5.41) is 15.2.